The van der Waals surface area contributed by atoms with Crippen molar-refractivity contribution in [3.05, 3.63) is 23.9 Å². The van der Waals surface area contributed by atoms with Crippen molar-refractivity contribution in [1.29, 1.82) is 0 Å². The molecule has 0 fully saturated rings. The highest BCUT2D eigenvalue weighted by molar-refractivity contribution is 5.90. The van der Waals surface area contributed by atoms with Crippen LogP contribution < -0.4 is 4.90 Å². The summed E-state index contributed by atoms with van der Waals surface area (Å²) in [6.45, 7) is 4.02. The molecular formula is C12H18N2O3. The van der Waals surface area contributed by atoms with Crippen LogP contribution in [0.5, 0.6) is 0 Å². The van der Waals surface area contributed by atoms with Crippen molar-refractivity contribution in [2.75, 3.05) is 38.8 Å². The van der Waals surface area contributed by atoms with E-state index in [0.29, 0.717) is 18.8 Å². The van der Waals surface area contributed by atoms with Crippen molar-refractivity contribution in [2.24, 2.45) is 0 Å². The van der Waals surface area contributed by atoms with E-state index in [1.54, 1.807) is 18.3 Å². The number of nitrogens with zero attached hydrogens (tertiary/aromatic N) is 2. The molecule has 0 saturated heterocycles. The van der Waals surface area contributed by atoms with Gasteiger partial charge in [-0.2, -0.15) is 0 Å². The molecule has 0 radical (unpaired) electrons. The highest BCUT2D eigenvalue weighted by Gasteiger charge is 2.08. The van der Waals surface area contributed by atoms with Crippen molar-refractivity contribution in [1.82, 2.24) is 4.98 Å². The minimum absolute atomic E-state index is 0.355. The summed E-state index contributed by atoms with van der Waals surface area (Å²) in [6.07, 6.45) is 1.60. The maximum Gasteiger partial charge on any atom is 0.338 e. The van der Waals surface area contributed by atoms with Gasteiger partial charge in [0.2, 0.25) is 0 Å². The predicted octanol–water partition coefficient (Wildman–Crippen LogP) is 1.34. The summed E-state index contributed by atoms with van der Waals surface area (Å²) in [5.74, 6) is 0.375. The number of carbonyl (C=O) groups excluding carboxylic acids is 1. The van der Waals surface area contributed by atoms with Gasteiger partial charge in [-0.05, 0) is 19.1 Å². The van der Waals surface area contributed by atoms with Crippen LogP contribution in [0.25, 0.3) is 0 Å². The van der Waals surface area contributed by atoms with Crippen molar-refractivity contribution in [2.45, 2.75) is 6.92 Å². The molecule has 1 aromatic rings. The standard InChI is InChI=1S/C12H18N2O3/c1-4-17-8-7-14(2)11-9-10(5-6-13-11)12(15)16-3/h5-6,9H,4,7-8H2,1-3H3. The quantitative estimate of drug-likeness (QED) is 0.553. The number of esters is 1. The van der Waals surface area contributed by atoms with Gasteiger partial charge in [0.05, 0.1) is 19.3 Å². The molecule has 0 N–H and O–H groups in total. The number of rotatable bonds is 6. The normalized spacial score (nSPS) is 10.1. The van der Waals surface area contributed by atoms with E-state index in [4.69, 9.17) is 4.74 Å². The highest BCUT2D eigenvalue weighted by Crippen LogP contribution is 2.11. The third kappa shape index (κ3) is 4.03. The first-order valence-corrected chi connectivity index (χ1v) is 5.52. The molecule has 5 heteroatoms. The van der Waals surface area contributed by atoms with Crippen molar-refractivity contribution >= 4 is 11.8 Å². The van der Waals surface area contributed by atoms with Gasteiger partial charge in [0, 0.05) is 26.4 Å². The summed E-state index contributed by atoms with van der Waals surface area (Å²) >= 11 is 0. The minimum atomic E-state index is -0.355. The number of pyridine rings is 1. The van der Waals surface area contributed by atoms with Crippen LogP contribution in [0.2, 0.25) is 0 Å². The molecule has 94 valence electrons. The molecule has 0 aliphatic rings. The Labute approximate surface area is 101 Å². The lowest BCUT2D eigenvalue weighted by Crippen LogP contribution is -2.23. The molecule has 0 aliphatic carbocycles. The van der Waals surface area contributed by atoms with Crippen molar-refractivity contribution in [3.8, 4) is 0 Å². The van der Waals surface area contributed by atoms with Gasteiger partial charge in [-0.1, -0.05) is 0 Å². The lowest BCUT2D eigenvalue weighted by atomic mass is 10.2. The van der Waals surface area contributed by atoms with E-state index < -0.39 is 0 Å². The average molecular weight is 238 g/mol. The Morgan fingerprint density at radius 2 is 2.29 bits per heavy atom. The van der Waals surface area contributed by atoms with Crippen LogP contribution >= 0.6 is 0 Å². The van der Waals surface area contributed by atoms with Gasteiger partial charge in [-0.15, -0.1) is 0 Å². The molecule has 0 aliphatic heterocycles. The fourth-order valence-electron chi connectivity index (χ4n) is 1.33. The van der Waals surface area contributed by atoms with Gasteiger partial charge in [-0.3, -0.25) is 0 Å². The zero-order valence-corrected chi connectivity index (χ0v) is 10.5. The molecule has 0 unspecified atom stereocenters. The fraction of sp³-hybridized carbons (Fsp3) is 0.500. The van der Waals surface area contributed by atoms with Gasteiger partial charge in [-0.25, -0.2) is 9.78 Å². The smallest absolute Gasteiger partial charge is 0.338 e. The van der Waals surface area contributed by atoms with Gasteiger partial charge in [0.15, 0.2) is 0 Å². The maximum atomic E-state index is 11.4. The number of anilines is 1. The maximum absolute atomic E-state index is 11.4. The molecular weight excluding hydrogens is 220 g/mol. The predicted molar refractivity (Wildman–Crippen MR) is 65.3 cm³/mol. The summed E-state index contributed by atoms with van der Waals surface area (Å²) in [6, 6.07) is 3.34. The molecule has 0 atom stereocenters. The lowest BCUT2D eigenvalue weighted by molar-refractivity contribution is 0.0600. The Morgan fingerprint density at radius 3 is 2.94 bits per heavy atom. The van der Waals surface area contributed by atoms with Crippen molar-refractivity contribution in [3.63, 3.8) is 0 Å². The van der Waals surface area contributed by atoms with Crippen LogP contribution in [-0.4, -0.2) is 44.9 Å². The van der Waals surface area contributed by atoms with E-state index in [1.165, 1.54) is 7.11 Å². The number of ether oxygens (including phenoxy) is 2. The third-order valence-corrected chi connectivity index (χ3v) is 2.33. The number of aromatic nitrogens is 1. The summed E-state index contributed by atoms with van der Waals surface area (Å²) in [4.78, 5) is 17.5. The number of likely N-dealkylation sites (N-methyl/N-ethyl adjacent to an activating group) is 1. The molecule has 1 rings (SSSR count). The molecule has 1 heterocycles. The van der Waals surface area contributed by atoms with E-state index in [1.807, 2.05) is 18.9 Å². The van der Waals surface area contributed by atoms with E-state index in [0.717, 1.165) is 12.4 Å². The molecule has 0 saturated carbocycles. The Kier molecular flexibility index (Phi) is 5.42. The zero-order valence-electron chi connectivity index (χ0n) is 10.5. The summed E-state index contributed by atoms with van der Waals surface area (Å²) in [7, 11) is 3.27. The monoisotopic (exact) mass is 238 g/mol. The fourth-order valence-corrected chi connectivity index (χ4v) is 1.33. The molecule has 1 aromatic heterocycles. The summed E-state index contributed by atoms with van der Waals surface area (Å²) in [5.41, 5.74) is 0.501. The minimum Gasteiger partial charge on any atom is -0.465 e. The van der Waals surface area contributed by atoms with Gasteiger partial charge < -0.3 is 14.4 Å². The van der Waals surface area contributed by atoms with E-state index in [2.05, 4.69) is 9.72 Å². The first kappa shape index (κ1) is 13.4. The van der Waals surface area contributed by atoms with Crippen LogP contribution in [0.1, 0.15) is 17.3 Å². The van der Waals surface area contributed by atoms with Crippen LogP contribution in [0.3, 0.4) is 0 Å². The van der Waals surface area contributed by atoms with Gasteiger partial charge >= 0.3 is 5.97 Å². The Morgan fingerprint density at radius 1 is 1.53 bits per heavy atom. The highest BCUT2D eigenvalue weighted by atomic mass is 16.5. The lowest BCUT2D eigenvalue weighted by Gasteiger charge is -2.18. The number of hydrogen-bond donors (Lipinski definition) is 0. The van der Waals surface area contributed by atoms with Gasteiger partial charge in [0.1, 0.15) is 5.82 Å². The Hall–Kier alpha value is -1.62. The number of carbonyl (C=O) groups is 1. The van der Waals surface area contributed by atoms with E-state index in [-0.39, 0.29) is 5.97 Å². The molecule has 0 amide bonds. The van der Waals surface area contributed by atoms with Crippen LogP contribution in [0, 0.1) is 0 Å². The van der Waals surface area contributed by atoms with Crippen LogP contribution in [0.4, 0.5) is 5.82 Å². The molecule has 0 aromatic carbocycles. The molecule has 5 nitrogen and oxygen atoms in total. The first-order chi connectivity index (χ1) is 8.19. The molecule has 17 heavy (non-hydrogen) atoms. The second kappa shape index (κ2) is 6.85. The SMILES string of the molecule is CCOCCN(C)c1cc(C(=O)OC)ccn1. The zero-order chi connectivity index (χ0) is 12.7. The van der Waals surface area contributed by atoms with Crippen molar-refractivity contribution < 1.29 is 14.3 Å². The van der Waals surface area contributed by atoms with Crippen LogP contribution in [-0.2, 0) is 9.47 Å². The number of hydrogen-bond acceptors (Lipinski definition) is 5. The molecule has 0 spiro atoms. The largest absolute Gasteiger partial charge is 0.465 e. The van der Waals surface area contributed by atoms with E-state index in [9.17, 15) is 4.79 Å². The van der Waals surface area contributed by atoms with Gasteiger partial charge in [0.25, 0.3) is 0 Å². The number of methoxy groups -OCH3 is 1. The molecule has 0 bridgehead atoms. The topological polar surface area (TPSA) is 51.7 Å². The second-order valence-electron chi connectivity index (χ2n) is 3.51. The van der Waals surface area contributed by atoms with E-state index >= 15 is 0 Å². The summed E-state index contributed by atoms with van der Waals surface area (Å²) in [5, 5.41) is 0. The summed E-state index contributed by atoms with van der Waals surface area (Å²) < 4.78 is 9.92. The average Bonchev–Trinajstić information content (AvgIpc) is 2.38. The van der Waals surface area contributed by atoms with Crippen LogP contribution in [0.15, 0.2) is 18.3 Å². The Bertz CT molecular complexity index is 369. The Balaban J connectivity index is 2.67. The third-order valence-electron chi connectivity index (χ3n) is 2.33. The first-order valence-electron chi connectivity index (χ1n) is 5.52. The second-order valence-corrected chi connectivity index (χ2v) is 3.51.